The Kier molecular flexibility index (Phi) is 7.09. The van der Waals surface area contributed by atoms with Gasteiger partial charge in [-0.2, -0.15) is 4.98 Å². The van der Waals surface area contributed by atoms with Gasteiger partial charge in [-0.25, -0.2) is 4.68 Å². The molecular formula is C28H26ClN5O3. The molecule has 3 aromatic carbocycles. The standard InChI is InChI=1S/C28H26ClN5O3/c1-36-21-14-7-18(8-15-21)9-16-26(35)31-27-32-28-30-23(19-10-12-20(29)13-11-19)17-24(34(28)33-27)22-5-3-4-6-25(22)37-2/h3-16,23-24H,17H2,1-2H3,(H2,30,31,32,33,35)/b16-9+/t23-,24+/m0/s1. The van der Waals surface area contributed by atoms with E-state index >= 15 is 0 Å². The molecular weight excluding hydrogens is 490 g/mol. The SMILES string of the molecule is COc1ccc(/C=C/C(=O)Nc2nc3n(n2)[C@@H](c2ccccc2OC)C[C@@H](c2ccc(Cl)cc2)N3)cc1. The summed E-state index contributed by atoms with van der Waals surface area (Å²) < 4.78 is 12.6. The van der Waals surface area contributed by atoms with E-state index in [1.165, 1.54) is 6.08 Å². The van der Waals surface area contributed by atoms with Gasteiger partial charge in [-0.05, 0) is 54.0 Å². The quantitative estimate of drug-likeness (QED) is 0.305. The van der Waals surface area contributed by atoms with E-state index in [9.17, 15) is 4.79 Å². The number of hydrogen-bond donors (Lipinski definition) is 2. The van der Waals surface area contributed by atoms with E-state index in [1.54, 1.807) is 25.0 Å². The number of amides is 1. The third-order valence-electron chi connectivity index (χ3n) is 6.24. The van der Waals surface area contributed by atoms with E-state index in [4.69, 9.17) is 21.1 Å². The van der Waals surface area contributed by atoms with Crippen molar-refractivity contribution in [2.75, 3.05) is 24.9 Å². The first-order chi connectivity index (χ1) is 18.0. The highest BCUT2D eigenvalue weighted by Crippen LogP contribution is 2.41. The van der Waals surface area contributed by atoms with Crippen LogP contribution < -0.4 is 20.1 Å². The van der Waals surface area contributed by atoms with Crippen LogP contribution in [0.3, 0.4) is 0 Å². The van der Waals surface area contributed by atoms with E-state index in [2.05, 4.69) is 20.7 Å². The lowest BCUT2D eigenvalue weighted by molar-refractivity contribution is -0.111. The second-order valence-electron chi connectivity index (χ2n) is 8.54. The average molecular weight is 516 g/mol. The van der Waals surface area contributed by atoms with Crippen molar-refractivity contribution in [3.05, 3.63) is 101 Å². The summed E-state index contributed by atoms with van der Waals surface area (Å²) in [6.45, 7) is 0. The minimum absolute atomic E-state index is 0.0394. The fraction of sp³-hybridized carbons (Fsp3) is 0.179. The molecule has 9 heteroatoms. The van der Waals surface area contributed by atoms with Gasteiger partial charge in [0.15, 0.2) is 0 Å². The second-order valence-corrected chi connectivity index (χ2v) is 8.98. The summed E-state index contributed by atoms with van der Waals surface area (Å²) in [4.78, 5) is 17.2. The van der Waals surface area contributed by atoms with Crippen LogP contribution in [-0.4, -0.2) is 34.9 Å². The zero-order valence-electron chi connectivity index (χ0n) is 20.4. The molecule has 0 saturated heterocycles. The number of aromatic nitrogens is 3. The zero-order chi connectivity index (χ0) is 25.8. The highest BCUT2D eigenvalue weighted by atomic mass is 35.5. The Morgan fingerprint density at radius 1 is 1.05 bits per heavy atom. The smallest absolute Gasteiger partial charge is 0.250 e. The minimum Gasteiger partial charge on any atom is -0.497 e. The molecule has 1 amide bonds. The fourth-order valence-electron chi connectivity index (χ4n) is 4.38. The molecule has 8 nitrogen and oxygen atoms in total. The number of benzene rings is 3. The van der Waals surface area contributed by atoms with Crippen molar-refractivity contribution in [2.45, 2.75) is 18.5 Å². The maximum absolute atomic E-state index is 12.6. The van der Waals surface area contributed by atoms with E-state index < -0.39 is 0 Å². The van der Waals surface area contributed by atoms with Crippen LogP contribution in [0.25, 0.3) is 6.08 Å². The number of methoxy groups -OCH3 is 2. The number of ether oxygens (including phenoxy) is 2. The number of hydrogen-bond acceptors (Lipinski definition) is 6. The van der Waals surface area contributed by atoms with Crippen molar-refractivity contribution in [3.63, 3.8) is 0 Å². The number of carbonyl (C=O) groups excluding carboxylic acids is 1. The predicted molar refractivity (Wildman–Crippen MR) is 144 cm³/mol. The van der Waals surface area contributed by atoms with Crippen molar-refractivity contribution in [1.82, 2.24) is 14.8 Å². The summed E-state index contributed by atoms with van der Waals surface area (Å²) in [5.74, 6) is 1.95. The minimum atomic E-state index is -0.332. The van der Waals surface area contributed by atoms with Crippen molar-refractivity contribution in [1.29, 1.82) is 0 Å². The average Bonchev–Trinajstić information content (AvgIpc) is 3.34. The molecule has 1 aliphatic heterocycles. The number of carbonyl (C=O) groups is 1. The molecule has 1 aliphatic rings. The van der Waals surface area contributed by atoms with Gasteiger partial charge in [0.1, 0.15) is 11.5 Å². The van der Waals surface area contributed by atoms with Gasteiger partial charge >= 0.3 is 0 Å². The molecule has 188 valence electrons. The van der Waals surface area contributed by atoms with Crippen molar-refractivity contribution < 1.29 is 14.3 Å². The van der Waals surface area contributed by atoms with Gasteiger partial charge in [0.05, 0.1) is 26.3 Å². The normalized spacial score (nSPS) is 16.6. The summed E-state index contributed by atoms with van der Waals surface area (Å²) >= 11 is 6.11. The first-order valence-electron chi connectivity index (χ1n) is 11.8. The highest BCUT2D eigenvalue weighted by molar-refractivity contribution is 6.30. The number of anilines is 2. The topological polar surface area (TPSA) is 90.3 Å². The number of nitrogens with one attached hydrogen (secondary N) is 2. The van der Waals surface area contributed by atoms with E-state index in [1.807, 2.05) is 72.8 Å². The fourth-order valence-corrected chi connectivity index (χ4v) is 4.51. The predicted octanol–water partition coefficient (Wildman–Crippen LogP) is 5.75. The van der Waals surface area contributed by atoms with Gasteiger partial charge in [-0.1, -0.05) is 54.1 Å². The Hall–Kier alpha value is -4.30. The number of halogens is 1. The number of nitrogens with zero attached hydrogens (tertiary/aromatic N) is 3. The summed E-state index contributed by atoms with van der Waals surface area (Å²) in [7, 11) is 3.26. The summed E-state index contributed by atoms with van der Waals surface area (Å²) in [5, 5.41) is 11.5. The Labute approximate surface area is 219 Å². The molecule has 4 aromatic rings. The van der Waals surface area contributed by atoms with Crippen LogP contribution in [0.4, 0.5) is 11.9 Å². The first-order valence-corrected chi connectivity index (χ1v) is 12.2. The van der Waals surface area contributed by atoms with Crippen LogP contribution in [0.1, 0.15) is 35.2 Å². The van der Waals surface area contributed by atoms with Crippen molar-refractivity contribution in [3.8, 4) is 11.5 Å². The molecule has 0 bridgehead atoms. The maximum Gasteiger partial charge on any atom is 0.250 e. The Morgan fingerprint density at radius 2 is 1.81 bits per heavy atom. The second kappa shape index (κ2) is 10.8. The molecule has 2 atom stereocenters. The molecule has 2 heterocycles. The van der Waals surface area contributed by atoms with Crippen molar-refractivity contribution >= 4 is 35.5 Å². The zero-order valence-corrected chi connectivity index (χ0v) is 21.1. The Bertz CT molecular complexity index is 1420. The molecule has 0 unspecified atom stereocenters. The third kappa shape index (κ3) is 5.44. The number of rotatable bonds is 7. The molecule has 5 rings (SSSR count). The first kappa shape index (κ1) is 24.4. The van der Waals surface area contributed by atoms with Crippen LogP contribution >= 0.6 is 11.6 Å². The molecule has 0 radical (unpaired) electrons. The van der Waals surface area contributed by atoms with Gasteiger partial charge in [0, 0.05) is 16.7 Å². The third-order valence-corrected chi connectivity index (χ3v) is 6.49. The van der Waals surface area contributed by atoms with E-state index in [0.717, 1.165) is 28.2 Å². The van der Waals surface area contributed by atoms with Gasteiger partial charge in [0.2, 0.25) is 5.95 Å². The lowest BCUT2D eigenvalue weighted by atomic mass is 9.93. The largest absolute Gasteiger partial charge is 0.497 e. The lowest BCUT2D eigenvalue weighted by Gasteiger charge is -2.32. The Balaban J connectivity index is 1.41. The van der Waals surface area contributed by atoms with Crippen LogP contribution in [0, 0.1) is 0 Å². The van der Waals surface area contributed by atoms with Crippen molar-refractivity contribution in [2.24, 2.45) is 0 Å². The molecule has 0 fully saturated rings. The molecule has 0 saturated carbocycles. The van der Waals surface area contributed by atoms with Gasteiger partial charge in [-0.15, -0.1) is 5.10 Å². The van der Waals surface area contributed by atoms with Gasteiger partial charge in [-0.3, -0.25) is 10.1 Å². The van der Waals surface area contributed by atoms with E-state index in [-0.39, 0.29) is 23.9 Å². The lowest BCUT2D eigenvalue weighted by Crippen LogP contribution is -2.28. The number of para-hydroxylation sites is 1. The molecule has 1 aromatic heterocycles. The molecule has 37 heavy (non-hydrogen) atoms. The maximum atomic E-state index is 12.6. The summed E-state index contributed by atoms with van der Waals surface area (Å²) in [6.07, 6.45) is 3.86. The van der Waals surface area contributed by atoms with Gasteiger partial charge < -0.3 is 14.8 Å². The van der Waals surface area contributed by atoms with Crippen LogP contribution in [-0.2, 0) is 4.79 Å². The van der Waals surface area contributed by atoms with Crippen LogP contribution in [0.15, 0.2) is 78.9 Å². The molecule has 0 spiro atoms. The summed E-state index contributed by atoms with van der Waals surface area (Å²) in [5.41, 5.74) is 2.93. The van der Waals surface area contributed by atoms with E-state index in [0.29, 0.717) is 17.4 Å². The highest BCUT2D eigenvalue weighted by Gasteiger charge is 2.32. The monoisotopic (exact) mass is 515 g/mol. The summed E-state index contributed by atoms with van der Waals surface area (Å²) in [6, 6.07) is 22.8. The van der Waals surface area contributed by atoms with Crippen LogP contribution in [0.2, 0.25) is 5.02 Å². The Morgan fingerprint density at radius 3 is 2.54 bits per heavy atom. The van der Waals surface area contributed by atoms with Crippen LogP contribution in [0.5, 0.6) is 11.5 Å². The molecule has 2 N–H and O–H groups in total. The molecule has 0 aliphatic carbocycles. The number of fused-ring (bicyclic) bond motifs is 1. The van der Waals surface area contributed by atoms with Gasteiger partial charge in [0.25, 0.3) is 11.9 Å².